The van der Waals surface area contributed by atoms with Gasteiger partial charge in [-0.2, -0.15) is 9.57 Å². The molecule has 0 bridgehead atoms. The number of carbonyl (C=O) groups excluding carboxylic acids is 1. The summed E-state index contributed by atoms with van der Waals surface area (Å²) < 4.78 is 27.4. The van der Waals surface area contributed by atoms with E-state index in [4.69, 9.17) is 5.26 Å². The summed E-state index contributed by atoms with van der Waals surface area (Å²) >= 11 is 0. The van der Waals surface area contributed by atoms with Crippen molar-refractivity contribution in [2.45, 2.75) is 17.9 Å². The maximum absolute atomic E-state index is 13.0. The van der Waals surface area contributed by atoms with Crippen molar-refractivity contribution in [1.82, 2.24) is 14.2 Å². The van der Waals surface area contributed by atoms with Crippen LogP contribution in [-0.2, 0) is 10.0 Å². The first-order valence-electron chi connectivity index (χ1n) is 8.20. The van der Waals surface area contributed by atoms with Crippen LogP contribution in [0.3, 0.4) is 0 Å². The lowest BCUT2D eigenvalue weighted by molar-refractivity contribution is 0.0625. The van der Waals surface area contributed by atoms with Crippen molar-refractivity contribution >= 4 is 15.9 Å². The van der Waals surface area contributed by atoms with Gasteiger partial charge >= 0.3 is 0 Å². The van der Waals surface area contributed by atoms with Crippen molar-refractivity contribution < 1.29 is 13.2 Å². The quantitative estimate of drug-likeness (QED) is 0.800. The second-order valence-corrected chi connectivity index (χ2v) is 8.34. The van der Waals surface area contributed by atoms with Gasteiger partial charge in [-0.15, -0.1) is 0 Å². The van der Waals surface area contributed by atoms with E-state index in [1.807, 2.05) is 13.0 Å². The average molecular weight is 368 g/mol. The van der Waals surface area contributed by atoms with Crippen molar-refractivity contribution in [2.24, 2.45) is 0 Å². The highest BCUT2D eigenvalue weighted by atomic mass is 32.2. The van der Waals surface area contributed by atoms with Crippen molar-refractivity contribution in [3.05, 3.63) is 58.9 Å². The van der Waals surface area contributed by atoms with Crippen LogP contribution in [0.2, 0.25) is 0 Å². The monoisotopic (exact) mass is 368 g/mol. The zero-order valence-corrected chi connectivity index (χ0v) is 14.9. The maximum atomic E-state index is 13.0. The highest BCUT2D eigenvalue weighted by molar-refractivity contribution is 7.89. The lowest BCUT2D eigenvalue weighted by Crippen LogP contribution is -2.49. The SMILES string of the molecule is Cc1ccc2c(n1)C1CN(S(=O)(=O)c3cccc(C#N)c3)CCN1C2=O. The van der Waals surface area contributed by atoms with E-state index >= 15 is 0 Å². The first-order chi connectivity index (χ1) is 12.4. The van der Waals surface area contributed by atoms with Crippen LogP contribution in [0.4, 0.5) is 0 Å². The number of hydrogen-bond donors (Lipinski definition) is 0. The predicted octanol–water partition coefficient (Wildman–Crippen LogP) is 1.46. The Morgan fingerprint density at radius 3 is 2.81 bits per heavy atom. The molecule has 7 nitrogen and oxygen atoms in total. The highest BCUT2D eigenvalue weighted by Gasteiger charge is 2.44. The number of sulfonamides is 1. The molecular weight excluding hydrogens is 352 g/mol. The van der Waals surface area contributed by atoms with E-state index in [-0.39, 0.29) is 29.9 Å². The molecule has 4 rings (SSSR count). The topological polar surface area (TPSA) is 94.4 Å². The molecule has 0 radical (unpaired) electrons. The number of aryl methyl sites for hydroxylation is 1. The summed E-state index contributed by atoms with van der Waals surface area (Å²) in [4.78, 5) is 18.8. The van der Waals surface area contributed by atoms with E-state index in [9.17, 15) is 13.2 Å². The second-order valence-electron chi connectivity index (χ2n) is 6.40. The molecule has 1 saturated heterocycles. The van der Waals surface area contributed by atoms with E-state index in [0.29, 0.717) is 23.4 Å². The van der Waals surface area contributed by atoms with Crippen LogP contribution in [0, 0.1) is 18.3 Å². The standard InChI is InChI=1S/C18H16N4O3S/c1-12-5-6-15-17(20-12)16-11-21(7-8-22(16)18(15)23)26(24,25)14-4-2-3-13(9-14)10-19/h2-6,9,16H,7-8,11H2,1H3. The molecule has 0 N–H and O–H groups in total. The van der Waals surface area contributed by atoms with Gasteiger partial charge in [0.25, 0.3) is 5.91 Å². The number of nitrogens with zero attached hydrogens (tertiary/aromatic N) is 4. The summed E-state index contributed by atoms with van der Waals surface area (Å²) in [6, 6.07) is 11.1. The molecule has 2 aliphatic heterocycles. The Bertz CT molecular complexity index is 1060. The summed E-state index contributed by atoms with van der Waals surface area (Å²) in [7, 11) is -3.75. The number of hydrogen-bond acceptors (Lipinski definition) is 5. The molecule has 1 atom stereocenters. The molecule has 2 aliphatic rings. The number of rotatable bonds is 2. The number of piperazine rings is 1. The number of pyridine rings is 1. The number of nitriles is 1. The number of aromatic nitrogens is 1. The van der Waals surface area contributed by atoms with Gasteiger partial charge in [-0.25, -0.2) is 8.42 Å². The first-order valence-corrected chi connectivity index (χ1v) is 9.64. The van der Waals surface area contributed by atoms with Crippen molar-refractivity contribution in [3.63, 3.8) is 0 Å². The van der Waals surface area contributed by atoms with Crippen LogP contribution in [0.1, 0.15) is 33.4 Å². The lowest BCUT2D eigenvalue weighted by Gasteiger charge is -2.36. The fraction of sp³-hybridized carbons (Fsp3) is 0.278. The predicted molar refractivity (Wildman–Crippen MR) is 92.7 cm³/mol. The normalized spacial score (nSPS) is 19.8. The Hall–Kier alpha value is -2.76. The van der Waals surface area contributed by atoms with E-state index in [2.05, 4.69) is 4.98 Å². The fourth-order valence-electron chi connectivity index (χ4n) is 3.49. The fourth-order valence-corrected chi connectivity index (χ4v) is 4.98. The molecule has 0 spiro atoms. The van der Waals surface area contributed by atoms with E-state index < -0.39 is 10.0 Å². The van der Waals surface area contributed by atoms with Gasteiger partial charge in [0.1, 0.15) is 0 Å². The maximum Gasteiger partial charge on any atom is 0.256 e. The zero-order chi connectivity index (χ0) is 18.5. The van der Waals surface area contributed by atoms with Gasteiger partial charge in [0.05, 0.1) is 33.8 Å². The van der Waals surface area contributed by atoms with Gasteiger partial charge in [-0.1, -0.05) is 6.07 Å². The number of amides is 1. The summed E-state index contributed by atoms with van der Waals surface area (Å²) in [5.41, 5.74) is 2.27. The van der Waals surface area contributed by atoms with Gasteiger partial charge in [0, 0.05) is 25.3 Å². The molecule has 0 saturated carbocycles. The summed E-state index contributed by atoms with van der Waals surface area (Å²) in [6.45, 7) is 2.54. The van der Waals surface area contributed by atoms with Crippen LogP contribution in [-0.4, -0.2) is 48.1 Å². The molecule has 0 aliphatic carbocycles. The third-order valence-corrected chi connectivity index (χ3v) is 6.68. The van der Waals surface area contributed by atoms with Crippen LogP contribution in [0.15, 0.2) is 41.3 Å². The van der Waals surface area contributed by atoms with Gasteiger partial charge in [0.2, 0.25) is 10.0 Å². The van der Waals surface area contributed by atoms with Crippen LogP contribution < -0.4 is 0 Å². The minimum absolute atomic E-state index is 0.0896. The molecule has 26 heavy (non-hydrogen) atoms. The highest BCUT2D eigenvalue weighted by Crippen LogP contribution is 2.36. The summed E-state index contributed by atoms with van der Waals surface area (Å²) in [5.74, 6) is -0.0963. The number of carbonyl (C=O) groups is 1. The molecule has 3 heterocycles. The minimum atomic E-state index is -3.75. The molecule has 2 aromatic rings. The Balaban J connectivity index is 1.69. The van der Waals surface area contributed by atoms with Crippen molar-refractivity contribution in [1.29, 1.82) is 5.26 Å². The van der Waals surface area contributed by atoms with Crippen molar-refractivity contribution in [3.8, 4) is 6.07 Å². The zero-order valence-electron chi connectivity index (χ0n) is 14.1. The van der Waals surface area contributed by atoms with Crippen LogP contribution >= 0.6 is 0 Å². The Labute approximate surface area is 151 Å². The van der Waals surface area contributed by atoms with E-state index in [1.54, 1.807) is 29.2 Å². The average Bonchev–Trinajstić information content (AvgIpc) is 2.93. The van der Waals surface area contributed by atoms with Gasteiger partial charge in [-0.05, 0) is 37.3 Å². The molecule has 1 aromatic heterocycles. The van der Waals surface area contributed by atoms with E-state index in [1.165, 1.54) is 16.4 Å². The van der Waals surface area contributed by atoms with Crippen LogP contribution in [0.5, 0.6) is 0 Å². The van der Waals surface area contributed by atoms with Crippen molar-refractivity contribution in [2.75, 3.05) is 19.6 Å². The Morgan fingerprint density at radius 2 is 2.04 bits per heavy atom. The number of benzene rings is 1. The molecule has 8 heteroatoms. The third-order valence-electron chi connectivity index (χ3n) is 4.81. The molecule has 1 aromatic carbocycles. The van der Waals surface area contributed by atoms with Gasteiger partial charge < -0.3 is 4.90 Å². The smallest absolute Gasteiger partial charge is 0.256 e. The Morgan fingerprint density at radius 1 is 1.23 bits per heavy atom. The molecule has 1 amide bonds. The number of fused-ring (bicyclic) bond motifs is 3. The molecule has 132 valence electrons. The second kappa shape index (κ2) is 5.90. The van der Waals surface area contributed by atoms with Gasteiger partial charge in [-0.3, -0.25) is 9.78 Å². The Kier molecular flexibility index (Phi) is 3.79. The van der Waals surface area contributed by atoms with Crippen LogP contribution in [0.25, 0.3) is 0 Å². The summed E-state index contributed by atoms with van der Waals surface area (Å²) in [6.07, 6.45) is 0. The third kappa shape index (κ3) is 2.48. The summed E-state index contributed by atoms with van der Waals surface area (Å²) in [5, 5.41) is 9.01. The lowest BCUT2D eigenvalue weighted by atomic mass is 10.1. The first kappa shape index (κ1) is 16.7. The largest absolute Gasteiger partial charge is 0.327 e. The molecule has 1 unspecified atom stereocenters. The molecule has 1 fully saturated rings. The molecular formula is C18H16N4O3S. The minimum Gasteiger partial charge on any atom is -0.327 e. The van der Waals surface area contributed by atoms with Gasteiger partial charge in [0.15, 0.2) is 0 Å². The van der Waals surface area contributed by atoms with E-state index in [0.717, 1.165) is 5.69 Å².